The van der Waals surface area contributed by atoms with Crippen molar-refractivity contribution >= 4 is 0 Å². The van der Waals surface area contributed by atoms with Crippen LogP contribution in [0.25, 0.3) is 0 Å². The lowest BCUT2D eigenvalue weighted by Gasteiger charge is -2.08. The van der Waals surface area contributed by atoms with Gasteiger partial charge in [0, 0.05) is 12.6 Å². The van der Waals surface area contributed by atoms with Gasteiger partial charge < -0.3 is 14.8 Å². The summed E-state index contributed by atoms with van der Waals surface area (Å²) in [4.78, 5) is 0. The van der Waals surface area contributed by atoms with E-state index in [1.807, 2.05) is 13.8 Å². The molecule has 0 unspecified atom stereocenters. The second-order valence-electron chi connectivity index (χ2n) is 3.98. The maximum absolute atomic E-state index is 12.7. The molecule has 0 aromatic heterocycles. The molecule has 0 fully saturated rings. The third-order valence-corrected chi connectivity index (χ3v) is 2.18. The van der Waals surface area contributed by atoms with Crippen molar-refractivity contribution in [2.75, 3.05) is 0 Å². The average molecular weight is 229 g/mol. The van der Waals surface area contributed by atoms with Crippen molar-refractivity contribution in [2.24, 2.45) is 0 Å². The van der Waals surface area contributed by atoms with Crippen molar-refractivity contribution < 1.29 is 18.3 Å². The first kappa shape index (κ1) is 11.1. The fraction of sp³-hybridized carbons (Fsp3) is 0.455. The Balaban J connectivity index is 2.10. The lowest BCUT2D eigenvalue weighted by atomic mass is 10.2. The van der Waals surface area contributed by atoms with Gasteiger partial charge in [-0.15, -0.1) is 8.78 Å². The molecule has 1 aromatic carbocycles. The minimum atomic E-state index is -3.54. The summed E-state index contributed by atoms with van der Waals surface area (Å²) >= 11 is 0. The number of rotatable bonds is 3. The summed E-state index contributed by atoms with van der Waals surface area (Å²) in [7, 11) is 0. The van der Waals surface area contributed by atoms with Gasteiger partial charge in [0.25, 0.3) is 0 Å². The van der Waals surface area contributed by atoms with Crippen LogP contribution in [0.4, 0.5) is 8.78 Å². The summed E-state index contributed by atoms with van der Waals surface area (Å²) < 4.78 is 34.1. The molecule has 88 valence electrons. The summed E-state index contributed by atoms with van der Waals surface area (Å²) in [5, 5.41) is 3.19. The molecule has 3 nitrogen and oxygen atoms in total. The summed E-state index contributed by atoms with van der Waals surface area (Å²) in [5.74, 6) is 0.173. The van der Waals surface area contributed by atoms with Crippen LogP contribution in [0.15, 0.2) is 18.2 Å². The zero-order chi connectivity index (χ0) is 11.8. The van der Waals surface area contributed by atoms with Gasteiger partial charge in [0.15, 0.2) is 11.5 Å². The van der Waals surface area contributed by atoms with Gasteiger partial charge in [-0.2, -0.15) is 0 Å². The fourth-order valence-electron chi connectivity index (χ4n) is 1.43. The SMILES string of the molecule is CC(C)NCc1ccc2c(c1)OC(F)(F)O2. The third kappa shape index (κ3) is 2.41. The van der Waals surface area contributed by atoms with Crippen LogP contribution in [0.1, 0.15) is 19.4 Å². The second kappa shape index (κ2) is 3.90. The van der Waals surface area contributed by atoms with E-state index < -0.39 is 6.29 Å². The van der Waals surface area contributed by atoms with E-state index >= 15 is 0 Å². The van der Waals surface area contributed by atoms with Crippen LogP contribution in [0.5, 0.6) is 11.5 Å². The average Bonchev–Trinajstić information content (AvgIpc) is 2.47. The Kier molecular flexibility index (Phi) is 2.71. The van der Waals surface area contributed by atoms with Gasteiger partial charge in [-0.3, -0.25) is 0 Å². The minimum Gasteiger partial charge on any atom is -0.395 e. The molecule has 0 atom stereocenters. The number of halogens is 2. The quantitative estimate of drug-likeness (QED) is 0.863. The summed E-state index contributed by atoms with van der Waals surface area (Å²) in [6, 6.07) is 5.13. The van der Waals surface area contributed by atoms with Crippen molar-refractivity contribution in [1.29, 1.82) is 0 Å². The molecule has 1 aliphatic rings. The van der Waals surface area contributed by atoms with E-state index in [9.17, 15) is 8.78 Å². The van der Waals surface area contributed by atoms with Crippen LogP contribution in [0.2, 0.25) is 0 Å². The number of hydrogen-bond donors (Lipinski definition) is 1. The van der Waals surface area contributed by atoms with Crippen molar-refractivity contribution in [3.8, 4) is 11.5 Å². The monoisotopic (exact) mass is 229 g/mol. The fourth-order valence-corrected chi connectivity index (χ4v) is 1.43. The molecular weight excluding hydrogens is 216 g/mol. The predicted molar refractivity (Wildman–Crippen MR) is 54.6 cm³/mol. The number of benzene rings is 1. The largest absolute Gasteiger partial charge is 0.586 e. The molecule has 0 spiro atoms. The van der Waals surface area contributed by atoms with E-state index in [1.54, 1.807) is 12.1 Å². The Morgan fingerprint density at radius 1 is 1.25 bits per heavy atom. The van der Waals surface area contributed by atoms with Crippen LogP contribution in [-0.2, 0) is 6.54 Å². The lowest BCUT2D eigenvalue weighted by Crippen LogP contribution is -2.26. The van der Waals surface area contributed by atoms with Crippen LogP contribution >= 0.6 is 0 Å². The molecule has 5 heteroatoms. The Bertz CT molecular complexity index is 394. The van der Waals surface area contributed by atoms with Crippen LogP contribution < -0.4 is 14.8 Å². The highest BCUT2D eigenvalue weighted by atomic mass is 19.3. The molecule has 1 aromatic rings. The molecule has 0 bridgehead atoms. The van der Waals surface area contributed by atoms with E-state index in [-0.39, 0.29) is 11.5 Å². The molecule has 0 saturated heterocycles. The Morgan fingerprint density at radius 2 is 1.94 bits per heavy atom. The first-order valence-corrected chi connectivity index (χ1v) is 5.08. The predicted octanol–water partition coefficient (Wildman–Crippen LogP) is 2.51. The number of nitrogens with one attached hydrogen (secondary N) is 1. The number of ether oxygens (including phenoxy) is 2. The highest BCUT2D eigenvalue weighted by Gasteiger charge is 2.43. The standard InChI is InChI=1S/C11H13F2NO2/c1-7(2)14-6-8-3-4-9-10(5-8)16-11(12,13)15-9/h3-5,7,14H,6H2,1-2H3. The molecule has 0 amide bonds. The Hall–Kier alpha value is -1.36. The summed E-state index contributed by atoms with van der Waals surface area (Å²) in [6.45, 7) is 4.64. The second-order valence-corrected chi connectivity index (χ2v) is 3.98. The Morgan fingerprint density at radius 3 is 2.62 bits per heavy atom. The van der Waals surface area contributed by atoms with E-state index in [1.165, 1.54) is 6.07 Å². The molecule has 2 rings (SSSR count). The molecule has 0 saturated carbocycles. The molecule has 1 heterocycles. The minimum absolute atomic E-state index is 0.0818. The molecule has 16 heavy (non-hydrogen) atoms. The molecule has 0 radical (unpaired) electrons. The van der Waals surface area contributed by atoms with Crippen molar-refractivity contribution in [3.63, 3.8) is 0 Å². The normalized spacial score (nSPS) is 16.8. The van der Waals surface area contributed by atoms with Gasteiger partial charge in [0.05, 0.1) is 0 Å². The molecule has 0 aliphatic carbocycles. The van der Waals surface area contributed by atoms with Crippen LogP contribution in [0, 0.1) is 0 Å². The number of alkyl halides is 2. The highest BCUT2D eigenvalue weighted by molar-refractivity contribution is 5.45. The number of hydrogen-bond acceptors (Lipinski definition) is 3. The zero-order valence-electron chi connectivity index (χ0n) is 9.09. The van der Waals surface area contributed by atoms with E-state index in [0.29, 0.717) is 12.6 Å². The lowest BCUT2D eigenvalue weighted by molar-refractivity contribution is -0.286. The van der Waals surface area contributed by atoms with Crippen LogP contribution in [0.3, 0.4) is 0 Å². The molecule has 1 aliphatic heterocycles. The van der Waals surface area contributed by atoms with E-state index in [0.717, 1.165) is 5.56 Å². The highest BCUT2D eigenvalue weighted by Crippen LogP contribution is 2.41. The van der Waals surface area contributed by atoms with Gasteiger partial charge in [-0.1, -0.05) is 19.9 Å². The van der Waals surface area contributed by atoms with Gasteiger partial charge in [-0.25, -0.2) is 0 Å². The van der Waals surface area contributed by atoms with Crippen molar-refractivity contribution in [1.82, 2.24) is 5.32 Å². The van der Waals surface area contributed by atoms with Gasteiger partial charge >= 0.3 is 6.29 Å². The maximum Gasteiger partial charge on any atom is 0.586 e. The Labute approximate surface area is 92.4 Å². The first-order valence-electron chi connectivity index (χ1n) is 5.08. The van der Waals surface area contributed by atoms with E-state index in [2.05, 4.69) is 14.8 Å². The first-order chi connectivity index (χ1) is 7.46. The maximum atomic E-state index is 12.7. The van der Waals surface area contributed by atoms with Crippen molar-refractivity contribution in [2.45, 2.75) is 32.7 Å². The zero-order valence-corrected chi connectivity index (χ0v) is 9.09. The van der Waals surface area contributed by atoms with Gasteiger partial charge in [-0.05, 0) is 17.7 Å². The summed E-state index contributed by atoms with van der Waals surface area (Å²) in [6.07, 6.45) is -3.54. The van der Waals surface area contributed by atoms with Crippen LogP contribution in [-0.4, -0.2) is 12.3 Å². The molecular formula is C11H13F2NO2. The third-order valence-electron chi connectivity index (χ3n) is 2.18. The number of fused-ring (bicyclic) bond motifs is 1. The smallest absolute Gasteiger partial charge is 0.395 e. The van der Waals surface area contributed by atoms with Gasteiger partial charge in [0.1, 0.15) is 0 Å². The van der Waals surface area contributed by atoms with E-state index in [4.69, 9.17) is 0 Å². The van der Waals surface area contributed by atoms with Crippen molar-refractivity contribution in [3.05, 3.63) is 23.8 Å². The summed E-state index contributed by atoms with van der Waals surface area (Å²) in [5.41, 5.74) is 0.883. The molecule has 1 N–H and O–H groups in total. The topological polar surface area (TPSA) is 30.5 Å². The van der Waals surface area contributed by atoms with Gasteiger partial charge in [0.2, 0.25) is 0 Å².